The number of rotatable bonds is 9. The zero-order chi connectivity index (χ0) is 24.4. The van der Waals surface area contributed by atoms with Crippen LogP contribution in [-0.4, -0.2) is 58.8 Å². The molecule has 0 bridgehead atoms. The van der Waals surface area contributed by atoms with E-state index < -0.39 is 0 Å². The van der Waals surface area contributed by atoms with Crippen molar-refractivity contribution in [2.75, 3.05) is 27.3 Å². The SMILES string of the molecule is C=CCN1CCc2c(c(CN(C(=O)c3cccc(OC)c3)C3CC3)nn2-c2ccccc2OC)C1. The fraction of sp³-hybridized carbons (Fsp3) is 0.357. The maximum absolute atomic E-state index is 13.6. The van der Waals surface area contributed by atoms with E-state index in [2.05, 4.69) is 11.5 Å². The van der Waals surface area contributed by atoms with Crippen molar-refractivity contribution in [2.24, 2.45) is 0 Å². The molecule has 35 heavy (non-hydrogen) atoms. The molecule has 1 fully saturated rings. The smallest absolute Gasteiger partial charge is 0.254 e. The predicted molar refractivity (Wildman–Crippen MR) is 135 cm³/mol. The minimum atomic E-state index is 0.0192. The molecular weight excluding hydrogens is 440 g/mol. The number of methoxy groups -OCH3 is 2. The number of hydrogen-bond donors (Lipinski definition) is 0. The van der Waals surface area contributed by atoms with E-state index in [0.717, 1.165) is 56.0 Å². The van der Waals surface area contributed by atoms with Crippen LogP contribution in [0.4, 0.5) is 0 Å². The molecule has 5 rings (SSSR count). The first-order valence-electron chi connectivity index (χ1n) is 12.1. The molecule has 7 nitrogen and oxygen atoms in total. The Bertz CT molecular complexity index is 1230. The average Bonchev–Trinajstić information content (AvgIpc) is 3.68. The van der Waals surface area contributed by atoms with E-state index in [9.17, 15) is 4.79 Å². The van der Waals surface area contributed by atoms with Crippen molar-refractivity contribution in [1.29, 1.82) is 0 Å². The van der Waals surface area contributed by atoms with Gasteiger partial charge in [-0.15, -0.1) is 6.58 Å². The van der Waals surface area contributed by atoms with Crippen molar-refractivity contribution in [1.82, 2.24) is 19.6 Å². The Morgan fingerprint density at radius 1 is 1.17 bits per heavy atom. The molecule has 0 N–H and O–H groups in total. The molecule has 0 saturated heterocycles. The average molecular weight is 473 g/mol. The summed E-state index contributed by atoms with van der Waals surface area (Å²) in [5.41, 5.74) is 4.90. The van der Waals surface area contributed by atoms with Crippen LogP contribution in [0.15, 0.2) is 61.2 Å². The molecule has 2 heterocycles. The number of aromatic nitrogens is 2. The van der Waals surface area contributed by atoms with Crippen LogP contribution >= 0.6 is 0 Å². The summed E-state index contributed by atoms with van der Waals surface area (Å²) in [4.78, 5) is 18.0. The van der Waals surface area contributed by atoms with Gasteiger partial charge in [-0.3, -0.25) is 9.69 Å². The molecule has 2 aliphatic rings. The fourth-order valence-corrected chi connectivity index (χ4v) is 4.85. The highest BCUT2D eigenvalue weighted by Gasteiger charge is 2.35. The third-order valence-corrected chi connectivity index (χ3v) is 6.81. The first kappa shape index (κ1) is 23.2. The van der Waals surface area contributed by atoms with Gasteiger partial charge in [-0.2, -0.15) is 5.10 Å². The summed E-state index contributed by atoms with van der Waals surface area (Å²) in [6.07, 6.45) is 4.86. The van der Waals surface area contributed by atoms with Crippen LogP contribution in [-0.2, 0) is 19.5 Å². The second kappa shape index (κ2) is 9.96. The summed E-state index contributed by atoms with van der Waals surface area (Å²) in [5.74, 6) is 1.49. The number of fused-ring (bicyclic) bond motifs is 1. The molecule has 1 aromatic heterocycles. The zero-order valence-corrected chi connectivity index (χ0v) is 20.4. The molecule has 0 unspecified atom stereocenters. The monoisotopic (exact) mass is 472 g/mol. The first-order chi connectivity index (χ1) is 17.1. The van der Waals surface area contributed by atoms with Crippen molar-refractivity contribution in [2.45, 2.75) is 38.4 Å². The van der Waals surface area contributed by atoms with E-state index in [1.54, 1.807) is 14.2 Å². The standard InChI is InChI=1S/C28H32N4O3/c1-4-15-30-16-14-25-23(18-30)24(29-32(25)26-10-5-6-11-27(26)35-3)19-31(21-12-13-21)28(33)20-8-7-9-22(17-20)34-2/h4-11,17,21H,1,12-16,18-19H2,2-3H3. The number of hydrogen-bond acceptors (Lipinski definition) is 5. The predicted octanol–water partition coefficient (Wildman–Crippen LogP) is 4.24. The molecule has 1 aliphatic carbocycles. The lowest BCUT2D eigenvalue weighted by atomic mass is 10.0. The van der Waals surface area contributed by atoms with E-state index in [-0.39, 0.29) is 11.9 Å². The molecule has 0 atom stereocenters. The highest BCUT2D eigenvalue weighted by Crippen LogP contribution is 2.34. The number of carbonyl (C=O) groups excluding carboxylic acids is 1. The Balaban J connectivity index is 1.53. The third kappa shape index (κ3) is 4.68. The van der Waals surface area contributed by atoms with Crippen LogP contribution in [0.25, 0.3) is 5.69 Å². The Hall–Kier alpha value is -3.58. The van der Waals surface area contributed by atoms with Gasteiger partial charge in [0.05, 0.1) is 32.2 Å². The van der Waals surface area contributed by atoms with Gasteiger partial charge in [-0.05, 0) is 43.2 Å². The maximum Gasteiger partial charge on any atom is 0.254 e. The fourth-order valence-electron chi connectivity index (χ4n) is 4.85. The van der Waals surface area contributed by atoms with Crippen molar-refractivity contribution in [3.8, 4) is 17.2 Å². The number of benzene rings is 2. The molecule has 7 heteroatoms. The highest BCUT2D eigenvalue weighted by molar-refractivity contribution is 5.95. The molecule has 0 radical (unpaired) electrons. The Morgan fingerprint density at radius 3 is 2.74 bits per heavy atom. The topological polar surface area (TPSA) is 59.8 Å². The van der Waals surface area contributed by atoms with E-state index in [1.807, 2.05) is 64.2 Å². The minimum Gasteiger partial charge on any atom is -0.497 e. The van der Waals surface area contributed by atoms with Gasteiger partial charge in [-0.1, -0.05) is 24.3 Å². The largest absolute Gasteiger partial charge is 0.497 e. The van der Waals surface area contributed by atoms with Gasteiger partial charge >= 0.3 is 0 Å². The number of para-hydroxylation sites is 2. The number of nitrogens with zero attached hydrogens (tertiary/aromatic N) is 4. The van der Waals surface area contributed by atoms with Crippen LogP contribution < -0.4 is 9.47 Å². The molecule has 1 amide bonds. The molecule has 3 aromatic rings. The van der Waals surface area contributed by atoms with Gasteiger partial charge in [0.1, 0.15) is 17.2 Å². The van der Waals surface area contributed by atoms with Crippen molar-refractivity contribution >= 4 is 5.91 Å². The summed E-state index contributed by atoms with van der Waals surface area (Å²) in [6.45, 7) is 6.95. The van der Waals surface area contributed by atoms with Crippen molar-refractivity contribution in [3.63, 3.8) is 0 Å². The summed E-state index contributed by atoms with van der Waals surface area (Å²) in [7, 11) is 3.30. The second-order valence-corrected chi connectivity index (χ2v) is 9.13. The first-order valence-corrected chi connectivity index (χ1v) is 12.1. The lowest BCUT2D eigenvalue weighted by Gasteiger charge is -2.28. The maximum atomic E-state index is 13.6. The van der Waals surface area contributed by atoms with Crippen LogP contribution in [0.5, 0.6) is 11.5 Å². The van der Waals surface area contributed by atoms with E-state index in [1.165, 1.54) is 11.3 Å². The molecule has 1 saturated carbocycles. The second-order valence-electron chi connectivity index (χ2n) is 9.13. The summed E-state index contributed by atoms with van der Waals surface area (Å²) in [6, 6.07) is 15.6. The summed E-state index contributed by atoms with van der Waals surface area (Å²) in [5, 5.41) is 5.09. The van der Waals surface area contributed by atoms with Crippen LogP contribution in [0.2, 0.25) is 0 Å². The third-order valence-electron chi connectivity index (χ3n) is 6.81. The number of amides is 1. The van der Waals surface area contributed by atoms with Crippen LogP contribution in [0.1, 0.15) is 40.2 Å². The van der Waals surface area contributed by atoms with E-state index in [0.29, 0.717) is 17.9 Å². The molecule has 0 spiro atoms. The van der Waals surface area contributed by atoms with Gasteiger partial charge in [0, 0.05) is 43.2 Å². The highest BCUT2D eigenvalue weighted by atomic mass is 16.5. The van der Waals surface area contributed by atoms with E-state index in [4.69, 9.17) is 14.6 Å². The zero-order valence-electron chi connectivity index (χ0n) is 20.4. The Kier molecular flexibility index (Phi) is 6.59. The van der Waals surface area contributed by atoms with Crippen molar-refractivity contribution < 1.29 is 14.3 Å². The lowest BCUT2D eigenvalue weighted by molar-refractivity contribution is 0.0726. The molecule has 2 aromatic carbocycles. The molecule has 1 aliphatic heterocycles. The number of ether oxygens (including phenoxy) is 2. The quantitative estimate of drug-likeness (QED) is 0.436. The molecule has 182 valence electrons. The summed E-state index contributed by atoms with van der Waals surface area (Å²) < 4.78 is 13.0. The lowest BCUT2D eigenvalue weighted by Crippen LogP contribution is -2.34. The minimum absolute atomic E-state index is 0.0192. The van der Waals surface area contributed by atoms with Crippen LogP contribution in [0, 0.1) is 0 Å². The van der Waals surface area contributed by atoms with Gasteiger partial charge in [0.25, 0.3) is 5.91 Å². The van der Waals surface area contributed by atoms with Crippen LogP contribution in [0.3, 0.4) is 0 Å². The van der Waals surface area contributed by atoms with E-state index >= 15 is 0 Å². The van der Waals surface area contributed by atoms with Gasteiger partial charge in [-0.25, -0.2) is 4.68 Å². The normalized spacial score (nSPS) is 15.4. The Morgan fingerprint density at radius 2 is 2.00 bits per heavy atom. The Labute approximate surface area is 206 Å². The van der Waals surface area contributed by atoms with Gasteiger partial charge in [0.15, 0.2) is 0 Å². The molecular formula is C28H32N4O3. The number of carbonyl (C=O) groups is 1. The summed E-state index contributed by atoms with van der Waals surface area (Å²) >= 11 is 0. The van der Waals surface area contributed by atoms with Gasteiger partial charge in [0.2, 0.25) is 0 Å². The van der Waals surface area contributed by atoms with Gasteiger partial charge < -0.3 is 14.4 Å². The van der Waals surface area contributed by atoms with Crippen molar-refractivity contribution in [3.05, 3.63) is 83.7 Å².